The molecule has 3 nitrogen and oxygen atoms in total. The lowest BCUT2D eigenvalue weighted by atomic mass is 10.1. The lowest BCUT2D eigenvalue weighted by Gasteiger charge is -2.09. The monoisotopic (exact) mass is 255 g/mol. The Morgan fingerprint density at radius 3 is 2.81 bits per heavy atom. The van der Waals surface area contributed by atoms with Crippen molar-refractivity contribution in [2.45, 2.75) is 17.7 Å². The molecule has 0 aliphatic carbocycles. The summed E-state index contributed by atoms with van der Waals surface area (Å²) in [6, 6.07) is 5.07. The maximum atomic E-state index is 11.6. The van der Waals surface area contributed by atoms with Crippen LogP contribution in [0.1, 0.15) is 28.4 Å². The van der Waals surface area contributed by atoms with Gasteiger partial charge in [0.1, 0.15) is 0 Å². The third kappa shape index (κ3) is 2.69. The zero-order chi connectivity index (χ0) is 12.1. The molecule has 0 fully saturated rings. The molecule has 1 aromatic carbocycles. The van der Waals surface area contributed by atoms with Gasteiger partial charge in [-0.15, -0.1) is 24.2 Å². The first-order valence-corrected chi connectivity index (χ1v) is 5.61. The molecule has 0 saturated heterocycles. The number of carbonyl (C=O) groups excluding carboxylic acids is 1. The third-order valence-corrected chi connectivity index (χ3v) is 2.59. The third-order valence-electron chi connectivity index (χ3n) is 1.95. The first-order valence-electron chi connectivity index (χ1n) is 4.63. The minimum absolute atomic E-state index is 0.136. The summed E-state index contributed by atoms with van der Waals surface area (Å²) in [7, 11) is 0. The average molecular weight is 256 g/mol. The lowest BCUT2D eigenvalue weighted by molar-refractivity contribution is 0.0521. The highest BCUT2D eigenvalue weighted by Gasteiger charge is 2.16. The molecule has 0 atom stereocenters. The van der Waals surface area contributed by atoms with Gasteiger partial charge in [0.15, 0.2) is 0 Å². The molecule has 0 aliphatic heterocycles. The summed E-state index contributed by atoms with van der Waals surface area (Å²) < 4.78 is 4.90. The minimum Gasteiger partial charge on any atom is -0.462 e. The molecule has 0 unspecified atom stereocenters. The fourth-order valence-corrected chi connectivity index (χ4v) is 1.88. The van der Waals surface area contributed by atoms with Crippen LogP contribution in [0.2, 0.25) is 0 Å². The molecule has 16 heavy (non-hydrogen) atoms. The smallest absolute Gasteiger partial charge is 0.339 e. The van der Waals surface area contributed by atoms with Crippen LogP contribution in [0, 0.1) is 11.3 Å². The fourth-order valence-electron chi connectivity index (χ4n) is 1.29. The Bertz CT molecular complexity index is 454. The number of rotatable bonds is 3. The number of benzene rings is 1. The van der Waals surface area contributed by atoms with E-state index in [0.717, 1.165) is 0 Å². The Kier molecular flexibility index (Phi) is 4.66. The van der Waals surface area contributed by atoms with Crippen LogP contribution in [-0.2, 0) is 10.6 Å². The molecule has 5 heteroatoms. The standard InChI is InChI=1S/C11H10ClNO2S/c1-2-15-11(14)10-8(5-12)3-7(6-13)4-9(10)16/h3-4,16H,2,5H2,1H3. The second-order valence-corrected chi connectivity index (χ2v) is 3.74. The van der Waals surface area contributed by atoms with Crippen molar-refractivity contribution in [2.75, 3.05) is 6.61 Å². The van der Waals surface area contributed by atoms with Gasteiger partial charge in [-0.25, -0.2) is 4.79 Å². The van der Waals surface area contributed by atoms with Gasteiger partial charge in [-0.3, -0.25) is 0 Å². The molecule has 84 valence electrons. The number of hydrogen-bond acceptors (Lipinski definition) is 4. The molecular weight excluding hydrogens is 246 g/mol. The van der Waals surface area contributed by atoms with Crippen molar-refractivity contribution in [1.29, 1.82) is 5.26 Å². The van der Waals surface area contributed by atoms with E-state index < -0.39 is 5.97 Å². The maximum absolute atomic E-state index is 11.6. The number of nitriles is 1. The first kappa shape index (κ1) is 12.9. The van der Waals surface area contributed by atoms with Crippen LogP contribution in [0.5, 0.6) is 0 Å². The van der Waals surface area contributed by atoms with Crippen LogP contribution in [0.4, 0.5) is 0 Å². The largest absolute Gasteiger partial charge is 0.462 e. The summed E-state index contributed by atoms with van der Waals surface area (Å²) >= 11 is 9.89. The van der Waals surface area contributed by atoms with Crippen molar-refractivity contribution in [3.05, 3.63) is 28.8 Å². The van der Waals surface area contributed by atoms with Crippen LogP contribution in [0.25, 0.3) is 0 Å². The van der Waals surface area contributed by atoms with E-state index in [-0.39, 0.29) is 12.5 Å². The van der Waals surface area contributed by atoms with Crippen LogP contribution >= 0.6 is 24.2 Å². The molecule has 0 radical (unpaired) electrons. The van der Waals surface area contributed by atoms with Crippen LogP contribution < -0.4 is 0 Å². The number of hydrogen-bond donors (Lipinski definition) is 1. The van der Waals surface area contributed by atoms with E-state index in [2.05, 4.69) is 12.6 Å². The summed E-state index contributed by atoms with van der Waals surface area (Å²) in [5.41, 5.74) is 1.32. The van der Waals surface area contributed by atoms with Gasteiger partial charge < -0.3 is 4.74 Å². The number of halogens is 1. The Morgan fingerprint density at radius 2 is 2.31 bits per heavy atom. The van der Waals surface area contributed by atoms with E-state index in [1.165, 1.54) is 6.07 Å². The zero-order valence-corrected chi connectivity index (χ0v) is 10.3. The highest BCUT2D eigenvalue weighted by atomic mass is 35.5. The molecule has 0 spiro atoms. The van der Waals surface area contributed by atoms with E-state index >= 15 is 0 Å². The highest BCUT2D eigenvalue weighted by Crippen LogP contribution is 2.23. The van der Waals surface area contributed by atoms with Crippen molar-refractivity contribution >= 4 is 30.2 Å². The molecule has 1 aromatic rings. The van der Waals surface area contributed by atoms with Crippen LogP contribution in [-0.4, -0.2) is 12.6 Å². The predicted octanol–water partition coefficient (Wildman–Crippen LogP) is 2.76. The molecule has 1 rings (SSSR count). The Balaban J connectivity index is 3.28. The number of carbonyl (C=O) groups is 1. The Hall–Kier alpha value is -1.18. The molecular formula is C11H10ClNO2S. The lowest BCUT2D eigenvalue weighted by Crippen LogP contribution is -2.09. The van der Waals surface area contributed by atoms with Gasteiger partial charge in [-0.2, -0.15) is 5.26 Å². The van der Waals surface area contributed by atoms with Gasteiger partial charge in [0.05, 0.1) is 23.8 Å². The van der Waals surface area contributed by atoms with Crippen molar-refractivity contribution in [3.8, 4) is 6.07 Å². The van der Waals surface area contributed by atoms with E-state index in [9.17, 15) is 4.79 Å². The highest BCUT2D eigenvalue weighted by molar-refractivity contribution is 7.80. The number of esters is 1. The molecule has 0 amide bonds. The van der Waals surface area contributed by atoms with Gasteiger partial charge in [0.2, 0.25) is 0 Å². The Morgan fingerprint density at radius 1 is 1.62 bits per heavy atom. The van der Waals surface area contributed by atoms with Gasteiger partial charge in [0.25, 0.3) is 0 Å². The van der Waals surface area contributed by atoms with Crippen molar-refractivity contribution in [2.24, 2.45) is 0 Å². The molecule has 0 bridgehead atoms. The van der Waals surface area contributed by atoms with Crippen molar-refractivity contribution in [1.82, 2.24) is 0 Å². The summed E-state index contributed by atoms with van der Waals surface area (Å²) in [6.45, 7) is 2.01. The molecule has 0 aliphatic rings. The van der Waals surface area contributed by atoms with Gasteiger partial charge in [0, 0.05) is 10.8 Å². The van der Waals surface area contributed by atoms with Gasteiger partial charge in [-0.05, 0) is 24.6 Å². The average Bonchev–Trinajstić information content (AvgIpc) is 2.27. The number of thiol groups is 1. The Labute approximate surface area is 104 Å². The van der Waals surface area contributed by atoms with E-state index in [1.807, 2.05) is 6.07 Å². The SMILES string of the molecule is CCOC(=O)c1c(S)cc(C#N)cc1CCl. The van der Waals surface area contributed by atoms with Crippen LogP contribution in [0.15, 0.2) is 17.0 Å². The summed E-state index contributed by atoms with van der Waals surface area (Å²) in [6.07, 6.45) is 0. The molecule has 0 saturated carbocycles. The van der Waals surface area contributed by atoms with Crippen LogP contribution in [0.3, 0.4) is 0 Å². The summed E-state index contributed by atoms with van der Waals surface area (Å²) in [5.74, 6) is -0.329. The maximum Gasteiger partial charge on any atom is 0.339 e. The van der Waals surface area contributed by atoms with Crippen molar-refractivity contribution in [3.63, 3.8) is 0 Å². The van der Waals surface area contributed by atoms with Crippen molar-refractivity contribution < 1.29 is 9.53 Å². The first-order chi connectivity index (χ1) is 7.63. The number of ether oxygens (including phenoxy) is 1. The quantitative estimate of drug-likeness (QED) is 0.513. The second kappa shape index (κ2) is 5.78. The van der Waals surface area contributed by atoms with E-state index in [0.29, 0.717) is 21.6 Å². The summed E-state index contributed by atoms with van der Waals surface area (Å²) in [5, 5.41) is 8.77. The normalized spacial score (nSPS) is 9.62. The predicted molar refractivity (Wildman–Crippen MR) is 63.9 cm³/mol. The van der Waals surface area contributed by atoms with Gasteiger partial charge in [-0.1, -0.05) is 0 Å². The van der Waals surface area contributed by atoms with E-state index in [1.54, 1.807) is 13.0 Å². The summed E-state index contributed by atoms with van der Waals surface area (Å²) in [4.78, 5) is 12.0. The van der Waals surface area contributed by atoms with E-state index in [4.69, 9.17) is 21.6 Å². The molecule has 0 aromatic heterocycles. The number of nitrogens with zero attached hydrogens (tertiary/aromatic N) is 1. The number of alkyl halides is 1. The minimum atomic E-state index is -0.465. The topological polar surface area (TPSA) is 50.1 Å². The molecule has 0 N–H and O–H groups in total. The fraction of sp³-hybridized carbons (Fsp3) is 0.273. The molecule has 0 heterocycles. The second-order valence-electron chi connectivity index (χ2n) is 3.00. The van der Waals surface area contributed by atoms with Gasteiger partial charge >= 0.3 is 5.97 Å². The zero-order valence-electron chi connectivity index (χ0n) is 8.66.